The fraction of sp³-hybridized carbons (Fsp3) is 0.148. The van der Waals surface area contributed by atoms with E-state index in [1.54, 1.807) is 36.4 Å². The SMILES string of the molecule is COc1nc(-c2cccc(C(=O)Nc3ccc(OCCc4ccccc4)cc3)c2)cnc1NS(C)(=O)=O. The predicted molar refractivity (Wildman–Crippen MR) is 143 cm³/mol. The van der Waals surface area contributed by atoms with Crippen LogP contribution in [0.4, 0.5) is 11.5 Å². The van der Waals surface area contributed by atoms with E-state index in [0.29, 0.717) is 29.1 Å². The summed E-state index contributed by atoms with van der Waals surface area (Å²) in [5.74, 6) is 0.422. The van der Waals surface area contributed by atoms with Crippen LogP contribution in [0.1, 0.15) is 15.9 Å². The van der Waals surface area contributed by atoms with Gasteiger partial charge in [0, 0.05) is 23.2 Å². The van der Waals surface area contributed by atoms with E-state index in [1.165, 1.54) is 18.9 Å². The summed E-state index contributed by atoms with van der Waals surface area (Å²) in [6.07, 6.45) is 3.23. The van der Waals surface area contributed by atoms with Gasteiger partial charge in [-0.05, 0) is 42.0 Å². The molecule has 190 valence electrons. The standard InChI is InChI=1S/C27H26N4O5S/c1-35-27-25(31-37(2,33)34)28-18-24(30-27)20-9-6-10-21(17-20)26(32)29-22-11-13-23(14-12-22)36-16-15-19-7-4-3-5-8-19/h3-14,17-18H,15-16H2,1-2H3,(H,28,31)(H,29,32). The summed E-state index contributed by atoms with van der Waals surface area (Å²) in [5.41, 5.74) is 3.29. The molecule has 1 amide bonds. The largest absolute Gasteiger partial charge is 0.493 e. The van der Waals surface area contributed by atoms with Crippen molar-refractivity contribution in [1.82, 2.24) is 9.97 Å². The van der Waals surface area contributed by atoms with Gasteiger partial charge < -0.3 is 14.8 Å². The number of hydrogen-bond donors (Lipinski definition) is 2. The molecule has 0 saturated heterocycles. The zero-order valence-electron chi connectivity index (χ0n) is 20.3. The highest BCUT2D eigenvalue weighted by Crippen LogP contribution is 2.26. The van der Waals surface area contributed by atoms with E-state index >= 15 is 0 Å². The molecule has 3 aromatic carbocycles. The van der Waals surface area contributed by atoms with E-state index < -0.39 is 10.0 Å². The number of nitrogens with one attached hydrogen (secondary N) is 2. The van der Waals surface area contributed by atoms with Gasteiger partial charge in [-0.2, -0.15) is 0 Å². The number of rotatable bonds is 10. The first-order chi connectivity index (χ1) is 17.8. The molecule has 9 nitrogen and oxygen atoms in total. The van der Waals surface area contributed by atoms with Crippen molar-refractivity contribution in [2.75, 3.05) is 30.0 Å². The summed E-state index contributed by atoms with van der Waals surface area (Å²) in [5, 5.41) is 2.87. The summed E-state index contributed by atoms with van der Waals surface area (Å²) in [6.45, 7) is 0.557. The number of sulfonamides is 1. The van der Waals surface area contributed by atoms with Gasteiger partial charge in [0.2, 0.25) is 15.8 Å². The molecule has 10 heteroatoms. The first-order valence-corrected chi connectivity index (χ1v) is 13.3. The third-order valence-electron chi connectivity index (χ3n) is 5.25. The number of methoxy groups -OCH3 is 1. The maximum Gasteiger partial charge on any atom is 0.258 e. The van der Waals surface area contributed by atoms with Gasteiger partial charge in [0.15, 0.2) is 0 Å². The van der Waals surface area contributed by atoms with E-state index in [0.717, 1.165) is 18.4 Å². The van der Waals surface area contributed by atoms with Crippen molar-refractivity contribution < 1.29 is 22.7 Å². The first-order valence-electron chi connectivity index (χ1n) is 11.4. The molecule has 1 aromatic heterocycles. The van der Waals surface area contributed by atoms with Crippen molar-refractivity contribution in [3.8, 4) is 22.9 Å². The summed E-state index contributed by atoms with van der Waals surface area (Å²) in [6, 6.07) is 24.1. The van der Waals surface area contributed by atoms with Crippen LogP contribution in [0, 0.1) is 0 Å². The Hall–Kier alpha value is -4.44. The predicted octanol–water partition coefficient (Wildman–Crippen LogP) is 4.40. The quantitative estimate of drug-likeness (QED) is 0.319. The van der Waals surface area contributed by atoms with Gasteiger partial charge in [0.25, 0.3) is 11.8 Å². The zero-order chi connectivity index (χ0) is 26.3. The second-order valence-electron chi connectivity index (χ2n) is 8.13. The summed E-state index contributed by atoms with van der Waals surface area (Å²) in [7, 11) is -2.18. The van der Waals surface area contributed by atoms with Crippen molar-refractivity contribution in [3.63, 3.8) is 0 Å². The Morgan fingerprint density at radius 3 is 2.43 bits per heavy atom. The molecule has 37 heavy (non-hydrogen) atoms. The van der Waals surface area contributed by atoms with Crippen LogP contribution in [-0.4, -0.2) is 44.3 Å². The zero-order valence-corrected chi connectivity index (χ0v) is 21.2. The van der Waals surface area contributed by atoms with E-state index in [1.807, 2.05) is 30.3 Å². The minimum Gasteiger partial charge on any atom is -0.493 e. The molecule has 4 aromatic rings. The Kier molecular flexibility index (Phi) is 7.99. The number of anilines is 2. The topological polar surface area (TPSA) is 120 Å². The van der Waals surface area contributed by atoms with Crippen LogP contribution >= 0.6 is 0 Å². The van der Waals surface area contributed by atoms with Crippen LogP contribution in [0.3, 0.4) is 0 Å². The van der Waals surface area contributed by atoms with Crippen molar-refractivity contribution in [2.24, 2.45) is 0 Å². The van der Waals surface area contributed by atoms with Crippen LogP contribution in [-0.2, 0) is 16.4 Å². The Labute approximate surface area is 215 Å². The smallest absolute Gasteiger partial charge is 0.258 e. The molecule has 0 radical (unpaired) electrons. The molecule has 0 aliphatic rings. The molecule has 0 unspecified atom stereocenters. The van der Waals surface area contributed by atoms with Crippen molar-refractivity contribution >= 4 is 27.4 Å². The van der Waals surface area contributed by atoms with Crippen LogP contribution in [0.5, 0.6) is 11.6 Å². The molecule has 0 fully saturated rings. The third-order valence-corrected chi connectivity index (χ3v) is 5.82. The lowest BCUT2D eigenvalue weighted by Gasteiger charge is -2.11. The van der Waals surface area contributed by atoms with Gasteiger partial charge in [-0.3, -0.25) is 9.52 Å². The molecule has 0 spiro atoms. The first kappa shape index (κ1) is 25.6. The Morgan fingerprint density at radius 2 is 1.73 bits per heavy atom. The van der Waals surface area contributed by atoms with E-state index in [-0.39, 0.29) is 17.6 Å². The van der Waals surface area contributed by atoms with Gasteiger partial charge in [-0.25, -0.2) is 18.4 Å². The van der Waals surface area contributed by atoms with Gasteiger partial charge in [0.1, 0.15) is 5.75 Å². The third kappa shape index (κ3) is 7.28. The number of carbonyl (C=O) groups is 1. The van der Waals surface area contributed by atoms with Crippen molar-refractivity contribution in [1.29, 1.82) is 0 Å². The summed E-state index contributed by atoms with van der Waals surface area (Å²) in [4.78, 5) is 21.3. The van der Waals surface area contributed by atoms with E-state index in [2.05, 4.69) is 32.1 Å². The highest BCUT2D eigenvalue weighted by Gasteiger charge is 2.14. The van der Waals surface area contributed by atoms with Gasteiger partial charge in [-0.15, -0.1) is 0 Å². The molecule has 0 saturated carbocycles. The minimum absolute atomic E-state index is 0.0175. The molecule has 2 N–H and O–H groups in total. The van der Waals surface area contributed by atoms with Crippen LogP contribution in [0.25, 0.3) is 11.3 Å². The number of nitrogens with zero attached hydrogens (tertiary/aromatic N) is 2. The highest BCUT2D eigenvalue weighted by molar-refractivity contribution is 7.92. The maximum absolute atomic E-state index is 12.9. The fourth-order valence-corrected chi connectivity index (χ4v) is 3.98. The van der Waals surface area contributed by atoms with E-state index in [9.17, 15) is 13.2 Å². The second kappa shape index (κ2) is 11.5. The highest BCUT2D eigenvalue weighted by atomic mass is 32.2. The average molecular weight is 519 g/mol. The van der Waals surface area contributed by atoms with E-state index in [4.69, 9.17) is 9.47 Å². The van der Waals surface area contributed by atoms with Gasteiger partial charge in [-0.1, -0.05) is 42.5 Å². The number of aromatic nitrogens is 2. The van der Waals surface area contributed by atoms with Crippen LogP contribution in [0.15, 0.2) is 85.1 Å². The van der Waals surface area contributed by atoms with Gasteiger partial charge in [0.05, 0.1) is 31.9 Å². The maximum atomic E-state index is 12.9. The molecular formula is C27H26N4O5S. The Balaban J connectivity index is 1.40. The molecule has 0 aliphatic heterocycles. The molecule has 0 bridgehead atoms. The molecule has 0 aliphatic carbocycles. The molecular weight excluding hydrogens is 492 g/mol. The molecule has 4 rings (SSSR count). The Morgan fingerprint density at radius 1 is 0.973 bits per heavy atom. The summed E-state index contributed by atoms with van der Waals surface area (Å²) >= 11 is 0. The van der Waals surface area contributed by atoms with Crippen molar-refractivity contribution in [2.45, 2.75) is 6.42 Å². The average Bonchev–Trinajstić information content (AvgIpc) is 2.90. The summed E-state index contributed by atoms with van der Waals surface area (Å²) < 4.78 is 36.3. The Bertz CT molecular complexity index is 1480. The number of ether oxygens (including phenoxy) is 2. The number of carbonyl (C=O) groups excluding carboxylic acids is 1. The molecule has 1 heterocycles. The second-order valence-corrected chi connectivity index (χ2v) is 9.88. The lowest BCUT2D eigenvalue weighted by Crippen LogP contribution is -2.13. The molecule has 0 atom stereocenters. The number of benzene rings is 3. The van der Waals surface area contributed by atoms with Crippen LogP contribution < -0.4 is 19.5 Å². The number of hydrogen-bond acceptors (Lipinski definition) is 7. The van der Waals surface area contributed by atoms with Crippen molar-refractivity contribution in [3.05, 3.63) is 96.2 Å². The normalized spacial score (nSPS) is 11.0. The lowest BCUT2D eigenvalue weighted by molar-refractivity contribution is 0.102. The number of amides is 1. The van der Waals surface area contributed by atoms with Gasteiger partial charge >= 0.3 is 0 Å². The lowest BCUT2D eigenvalue weighted by atomic mass is 10.1. The minimum atomic E-state index is -3.55. The fourth-order valence-electron chi connectivity index (χ4n) is 3.49. The van der Waals surface area contributed by atoms with Crippen LogP contribution in [0.2, 0.25) is 0 Å². The monoisotopic (exact) mass is 518 g/mol.